The molecular weight excluding hydrogens is 289 g/mol. The zero-order valence-corrected chi connectivity index (χ0v) is 12.6. The molecule has 3 rings (SSSR count). The molecule has 110 valence electrons. The molecule has 0 saturated heterocycles. The molecule has 1 aliphatic rings. The predicted octanol–water partition coefficient (Wildman–Crippen LogP) is 4.21. The second-order valence-electron chi connectivity index (χ2n) is 5.18. The third-order valence-electron chi connectivity index (χ3n) is 3.76. The fourth-order valence-electron chi connectivity index (χ4n) is 2.72. The third kappa shape index (κ3) is 2.95. The smallest absolute Gasteiger partial charge is 0.124 e. The van der Waals surface area contributed by atoms with Gasteiger partial charge >= 0.3 is 0 Å². The van der Waals surface area contributed by atoms with Gasteiger partial charge in [-0.2, -0.15) is 0 Å². The Morgan fingerprint density at radius 1 is 1.19 bits per heavy atom. The summed E-state index contributed by atoms with van der Waals surface area (Å²) in [7, 11) is 0. The molecule has 0 fully saturated rings. The minimum atomic E-state index is -0.318. The highest BCUT2D eigenvalue weighted by atomic mass is 35.5. The Morgan fingerprint density at radius 3 is 2.76 bits per heavy atom. The summed E-state index contributed by atoms with van der Waals surface area (Å²) < 4.78 is 18.7. The Hall–Kier alpha value is -1.42. The van der Waals surface area contributed by atoms with Crippen molar-refractivity contribution in [2.45, 2.75) is 26.2 Å². The summed E-state index contributed by atoms with van der Waals surface area (Å²) in [6.45, 7) is 4.17. The lowest BCUT2D eigenvalue weighted by Gasteiger charge is -2.21. The fraction of sp³-hybridized carbons (Fsp3) is 0.294. The number of fused-ring (bicyclic) bond motifs is 1. The van der Waals surface area contributed by atoms with Gasteiger partial charge in [0.25, 0.3) is 0 Å². The van der Waals surface area contributed by atoms with E-state index in [2.05, 4.69) is 23.5 Å². The van der Waals surface area contributed by atoms with E-state index in [0.717, 1.165) is 17.7 Å². The van der Waals surface area contributed by atoms with Gasteiger partial charge in [0.15, 0.2) is 0 Å². The summed E-state index contributed by atoms with van der Waals surface area (Å²) in [5.74, 6) is -0.318. The molecule has 0 aromatic heterocycles. The van der Waals surface area contributed by atoms with Crippen LogP contribution in [-0.4, -0.2) is 6.54 Å². The number of rotatable bonds is 4. The summed E-state index contributed by atoms with van der Waals surface area (Å²) >= 11 is 6.22. The second kappa shape index (κ2) is 6.14. The van der Waals surface area contributed by atoms with Gasteiger partial charge in [0.1, 0.15) is 5.82 Å². The Balaban J connectivity index is 2.01. The maximum absolute atomic E-state index is 13.3. The standard InChI is InChI=1S/C17H17ClFNO/c1-2-20-17(15-6-5-14(19)8-16(15)18)11-3-4-12-9-21-10-13(12)7-11/h3-8,17,20H,2,9-10H2,1H3. The molecule has 2 nitrogen and oxygen atoms in total. The van der Waals surface area contributed by atoms with Crippen LogP contribution in [0.5, 0.6) is 0 Å². The fourth-order valence-corrected chi connectivity index (χ4v) is 2.99. The van der Waals surface area contributed by atoms with E-state index >= 15 is 0 Å². The van der Waals surface area contributed by atoms with Gasteiger partial charge in [-0.05, 0) is 40.9 Å². The summed E-state index contributed by atoms with van der Waals surface area (Å²) in [4.78, 5) is 0. The van der Waals surface area contributed by atoms with Crippen LogP contribution in [0.15, 0.2) is 36.4 Å². The maximum Gasteiger partial charge on any atom is 0.124 e. The van der Waals surface area contributed by atoms with E-state index in [1.54, 1.807) is 6.07 Å². The molecule has 0 saturated carbocycles. The van der Waals surface area contributed by atoms with Crippen molar-refractivity contribution in [2.75, 3.05) is 6.54 Å². The van der Waals surface area contributed by atoms with Gasteiger partial charge < -0.3 is 10.1 Å². The molecule has 21 heavy (non-hydrogen) atoms. The highest BCUT2D eigenvalue weighted by Gasteiger charge is 2.19. The van der Waals surface area contributed by atoms with Crippen molar-refractivity contribution in [3.8, 4) is 0 Å². The van der Waals surface area contributed by atoms with Gasteiger partial charge in [-0.15, -0.1) is 0 Å². The van der Waals surface area contributed by atoms with Crippen LogP contribution in [0, 0.1) is 5.82 Å². The summed E-state index contributed by atoms with van der Waals surface area (Å²) in [5, 5.41) is 3.86. The number of nitrogens with one attached hydrogen (secondary N) is 1. The number of hydrogen-bond donors (Lipinski definition) is 1. The number of halogens is 2. The predicted molar refractivity (Wildman–Crippen MR) is 81.9 cm³/mol. The van der Waals surface area contributed by atoms with Crippen LogP contribution in [-0.2, 0) is 18.0 Å². The quantitative estimate of drug-likeness (QED) is 0.913. The lowest BCUT2D eigenvalue weighted by atomic mass is 9.95. The van der Waals surface area contributed by atoms with Crippen LogP contribution in [0.1, 0.15) is 35.2 Å². The first-order valence-corrected chi connectivity index (χ1v) is 7.44. The first-order chi connectivity index (χ1) is 10.2. The molecule has 1 atom stereocenters. The minimum Gasteiger partial charge on any atom is -0.372 e. The molecule has 4 heteroatoms. The van der Waals surface area contributed by atoms with Gasteiger partial charge in [0.2, 0.25) is 0 Å². The van der Waals surface area contributed by atoms with E-state index in [9.17, 15) is 4.39 Å². The lowest BCUT2D eigenvalue weighted by molar-refractivity contribution is 0.134. The first kappa shape index (κ1) is 14.5. The van der Waals surface area contributed by atoms with Crippen molar-refractivity contribution >= 4 is 11.6 Å². The Bertz CT molecular complexity index is 659. The summed E-state index contributed by atoms with van der Waals surface area (Å²) in [6, 6.07) is 10.8. The van der Waals surface area contributed by atoms with Crippen LogP contribution < -0.4 is 5.32 Å². The average molecular weight is 306 g/mol. The lowest BCUT2D eigenvalue weighted by Crippen LogP contribution is -2.22. The Kier molecular flexibility index (Phi) is 4.24. The highest BCUT2D eigenvalue weighted by molar-refractivity contribution is 6.31. The van der Waals surface area contributed by atoms with Gasteiger partial charge in [0.05, 0.1) is 19.3 Å². The number of hydrogen-bond acceptors (Lipinski definition) is 2. The number of ether oxygens (including phenoxy) is 1. The molecule has 1 aliphatic heterocycles. The molecule has 1 heterocycles. The molecule has 2 aromatic carbocycles. The zero-order valence-electron chi connectivity index (χ0n) is 11.8. The van der Waals surface area contributed by atoms with Crippen LogP contribution in [0.3, 0.4) is 0 Å². The molecule has 0 bridgehead atoms. The molecule has 0 aliphatic carbocycles. The van der Waals surface area contributed by atoms with Crippen LogP contribution in [0.2, 0.25) is 5.02 Å². The van der Waals surface area contributed by atoms with Crippen molar-refractivity contribution in [2.24, 2.45) is 0 Å². The largest absolute Gasteiger partial charge is 0.372 e. The van der Waals surface area contributed by atoms with Crippen molar-refractivity contribution in [3.63, 3.8) is 0 Å². The zero-order chi connectivity index (χ0) is 14.8. The van der Waals surface area contributed by atoms with Gasteiger partial charge in [-0.25, -0.2) is 4.39 Å². The van der Waals surface area contributed by atoms with Gasteiger partial charge in [-0.1, -0.05) is 42.8 Å². The molecule has 0 spiro atoms. The first-order valence-electron chi connectivity index (χ1n) is 7.07. The third-order valence-corrected chi connectivity index (χ3v) is 4.09. The highest BCUT2D eigenvalue weighted by Crippen LogP contribution is 2.31. The van der Waals surface area contributed by atoms with E-state index in [0.29, 0.717) is 18.2 Å². The molecular formula is C17H17ClFNO. The summed E-state index contributed by atoms with van der Waals surface area (Å²) in [5.41, 5.74) is 4.46. The van der Waals surface area contributed by atoms with E-state index in [1.807, 2.05) is 6.92 Å². The van der Waals surface area contributed by atoms with Crippen molar-refractivity contribution in [1.82, 2.24) is 5.32 Å². The van der Waals surface area contributed by atoms with Crippen molar-refractivity contribution in [3.05, 3.63) is 69.5 Å². The van der Waals surface area contributed by atoms with Crippen molar-refractivity contribution < 1.29 is 9.13 Å². The van der Waals surface area contributed by atoms with E-state index in [1.165, 1.54) is 23.3 Å². The van der Waals surface area contributed by atoms with E-state index in [4.69, 9.17) is 16.3 Å². The molecule has 1 unspecified atom stereocenters. The second-order valence-corrected chi connectivity index (χ2v) is 5.58. The maximum atomic E-state index is 13.3. The molecule has 0 radical (unpaired) electrons. The monoisotopic (exact) mass is 305 g/mol. The molecule has 1 N–H and O–H groups in total. The Labute approximate surface area is 128 Å². The topological polar surface area (TPSA) is 21.3 Å². The molecule has 2 aromatic rings. The average Bonchev–Trinajstić information content (AvgIpc) is 2.93. The van der Waals surface area contributed by atoms with Crippen LogP contribution in [0.4, 0.5) is 4.39 Å². The van der Waals surface area contributed by atoms with Gasteiger partial charge in [-0.3, -0.25) is 0 Å². The molecule has 0 amide bonds. The number of benzene rings is 2. The Morgan fingerprint density at radius 2 is 2.00 bits per heavy atom. The summed E-state index contributed by atoms with van der Waals surface area (Å²) in [6.07, 6.45) is 0. The van der Waals surface area contributed by atoms with Crippen LogP contribution in [0.25, 0.3) is 0 Å². The van der Waals surface area contributed by atoms with E-state index < -0.39 is 0 Å². The minimum absolute atomic E-state index is 0.0472. The van der Waals surface area contributed by atoms with E-state index in [-0.39, 0.29) is 11.9 Å². The van der Waals surface area contributed by atoms with Crippen molar-refractivity contribution in [1.29, 1.82) is 0 Å². The SMILES string of the molecule is CCNC(c1ccc2c(c1)COC2)c1ccc(F)cc1Cl. The van der Waals surface area contributed by atoms with Gasteiger partial charge in [0, 0.05) is 5.02 Å². The normalized spacial score (nSPS) is 15.0. The van der Waals surface area contributed by atoms with Crippen LogP contribution >= 0.6 is 11.6 Å².